The zero-order valence-electron chi connectivity index (χ0n) is 34.1. The summed E-state index contributed by atoms with van der Waals surface area (Å²) in [6, 6.07) is -0.991. The molecule has 10 heteroatoms. The normalized spacial score (nSPS) is 15.3. The molecule has 0 rings (SSSR count). The molecule has 0 aromatic heterocycles. The number of phosphoric acid groups is 1. The first-order valence-corrected chi connectivity index (χ1v) is 22.5. The fourth-order valence-electron chi connectivity index (χ4n) is 6.42. The van der Waals surface area contributed by atoms with Crippen molar-refractivity contribution >= 4 is 19.7 Å². The minimum absolute atomic E-state index is 0.0507. The van der Waals surface area contributed by atoms with Crippen molar-refractivity contribution in [1.29, 1.82) is 0 Å². The lowest BCUT2D eigenvalue weighted by Crippen LogP contribution is -2.59. The number of ketones is 2. The summed E-state index contributed by atoms with van der Waals surface area (Å²) < 4.78 is 10.5. The molecule has 0 aliphatic rings. The third kappa shape index (κ3) is 29.3. The predicted molar refractivity (Wildman–Crippen MR) is 215 cm³/mol. The predicted octanol–water partition coefficient (Wildman–Crippen LogP) is 9.28. The molecule has 3 N–H and O–H groups in total. The Morgan fingerprint density at radius 2 is 1.06 bits per heavy atom. The Morgan fingerprint density at radius 1 is 0.654 bits per heavy atom. The minimum atomic E-state index is -4.83. The maximum atomic E-state index is 13.7. The highest BCUT2D eigenvalue weighted by Crippen LogP contribution is 2.50. The number of phosphoric ester groups is 1. The van der Waals surface area contributed by atoms with Crippen LogP contribution in [0.1, 0.15) is 181 Å². The number of aliphatic hydroxyl groups excluding tert-OH is 2. The van der Waals surface area contributed by atoms with Gasteiger partial charge in [0.15, 0.2) is 17.6 Å². The summed E-state index contributed by atoms with van der Waals surface area (Å²) in [7, 11) is 0.522. The Kier molecular flexibility index (Phi) is 32.7. The van der Waals surface area contributed by atoms with E-state index < -0.39 is 45.4 Å². The monoisotopic (exact) mass is 759 g/mol. The van der Waals surface area contributed by atoms with E-state index in [4.69, 9.17) is 14.2 Å². The maximum absolute atomic E-state index is 13.7. The van der Waals surface area contributed by atoms with Crippen LogP contribution >= 0.6 is 8.17 Å². The number of nitrogens with zero attached hydrogens (tertiary/aromatic N) is 1. The van der Waals surface area contributed by atoms with Gasteiger partial charge in [0.1, 0.15) is 12.7 Å². The summed E-state index contributed by atoms with van der Waals surface area (Å²) in [6.07, 6.45) is 33.5. The van der Waals surface area contributed by atoms with E-state index in [1.165, 1.54) is 77.0 Å². The standard InChI is InChI=1S/C42H80NO8P/c1-6-8-10-12-14-16-18-20-21-23-25-27-29-31-33-35-40(47)42(51-52(48,49)50-37-38(45)36-44)41(43(3,4)5)39(46)34-32-30-28-26-24-22-19-17-15-13-11-9-7-2/h14,16,20-21,38,41-42,44-45H,6-13,15,17-19,22-37H2,1-5H3/p+1/b16-14-,21-20-/t38-,41?,42?/m1/s1. The van der Waals surface area contributed by atoms with Gasteiger partial charge in [-0.1, -0.05) is 147 Å². The SMILES string of the molecule is CCCCC/C=C\C/C=C\CCCCCCCC(=O)C(O[P+]([O-])(O)OC[C@H](O)CO)C(C(=O)CCCCCCCCCCCCCCC)[N+](C)(C)C. The van der Waals surface area contributed by atoms with E-state index in [1.807, 2.05) is 0 Å². The van der Waals surface area contributed by atoms with Gasteiger partial charge in [-0.25, -0.2) is 0 Å². The third-order valence-electron chi connectivity index (χ3n) is 9.56. The second kappa shape index (κ2) is 33.3. The van der Waals surface area contributed by atoms with Crippen molar-refractivity contribution in [3.05, 3.63) is 24.3 Å². The molecular formula is C42H81NO8P+. The summed E-state index contributed by atoms with van der Waals surface area (Å²) in [5.74, 6) is -0.576. The molecule has 0 saturated heterocycles. The molecule has 306 valence electrons. The van der Waals surface area contributed by atoms with Crippen molar-refractivity contribution in [2.45, 2.75) is 199 Å². The molecule has 0 aliphatic heterocycles. The van der Waals surface area contributed by atoms with Gasteiger partial charge in [0.25, 0.3) is 0 Å². The average Bonchev–Trinajstić information content (AvgIpc) is 3.09. The molecule has 0 radical (unpaired) electrons. The topological polar surface area (TPSA) is 136 Å². The molecule has 0 spiro atoms. The summed E-state index contributed by atoms with van der Waals surface area (Å²) in [5.41, 5.74) is 0. The van der Waals surface area contributed by atoms with Gasteiger partial charge < -0.3 is 19.6 Å². The van der Waals surface area contributed by atoms with Crippen molar-refractivity contribution in [1.82, 2.24) is 0 Å². The van der Waals surface area contributed by atoms with Crippen LogP contribution in [0.25, 0.3) is 0 Å². The van der Waals surface area contributed by atoms with Crippen LogP contribution in [0.2, 0.25) is 0 Å². The first-order valence-electron chi connectivity index (χ1n) is 21.0. The van der Waals surface area contributed by atoms with E-state index in [-0.39, 0.29) is 23.1 Å². The van der Waals surface area contributed by atoms with E-state index >= 15 is 0 Å². The van der Waals surface area contributed by atoms with Crippen LogP contribution in [0, 0.1) is 0 Å². The molecule has 0 amide bonds. The van der Waals surface area contributed by atoms with Gasteiger partial charge in [-0.2, -0.15) is 13.9 Å². The van der Waals surface area contributed by atoms with E-state index in [0.29, 0.717) is 12.8 Å². The first kappa shape index (κ1) is 51.0. The van der Waals surface area contributed by atoms with Crippen molar-refractivity contribution in [3.63, 3.8) is 0 Å². The van der Waals surface area contributed by atoms with Crippen molar-refractivity contribution in [2.75, 3.05) is 34.4 Å². The van der Waals surface area contributed by atoms with Crippen LogP contribution in [-0.4, -0.2) is 83.8 Å². The number of Topliss-reactive ketones (excluding diaryl/α,β-unsaturated/α-hetero) is 2. The van der Waals surface area contributed by atoms with Crippen LogP contribution in [0.4, 0.5) is 0 Å². The number of unbranched alkanes of at least 4 members (excludes halogenated alkanes) is 20. The first-order chi connectivity index (χ1) is 24.9. The molecule has 0 aromatic rings. The average molecular weight is 759 g/mol. The fraction of sp³-hybridized carbons (Fsp3) is 0.857. The smallest absolute Gasteiger partial charge is 0.377 e. The maximum Gasteiger partial charge on any atom is 0.377 e. The van der Waals surface area contributed by atoms with E-state index in [0.717, 1.165) is 64.2 Å². The second-order valence-corrected chi connectivity index (χ2v) is 17.0. The fourth-order valence-corrected chi connectivity index (χ4v) is 7.37. The zero-order valence-corrected chi connectivity index (χ0v) is 35.0. The number of rotatable bonds is 38. The zero-order chi connectivity index (χ0) is 38.9. The number of carbonyl (C=O) groups is 2. The molecule has 9 nitrogen and oxygen atoms in total. The molecule has 0 aromatic carbocycles. The highest BCUT2D eigenvalue weighted by Gasteiger charge is 2.49. The molecule has 0 bridgehead atoms. The van der Waals surface area contributed by atoms with Crippen LogP contribution in [0.15, 0.2) is 24.3 Å². The molecule has 0 heterocycles. The Balaban J connectivity index is 4.96. The lowest BCUT2D eigenvalue weighted by atomic mass is 9.93. The number of aliphatic hydroxyl groups is 2. The van der Waals surface area contributed by atoms with Crippen LogP contribution in [0.5, 0.6) is 0 Å². The highest BCUT2D eigenvalue weighted by molar-refractivity contribution is 7.52. The lowest BCUT2D eigenvalue weighted by Gasteiger charge is -2.37. The number of quaternary nitrogens is 1. The number of allylic oxidation sites excluding steroid dienone is 4. The molecule has 0 fully saturated rings. The number of hydrogen-bond acceptors (Lipinski definition) is 8. The molecule has 52 heavy (non-hydrogen) atoms. The highest BCUT2D eigenvalue weighted by atomic mass is 31.2. The van der Waals surface area contributed by atoms with Crippen LogP contribution < -0.4 is 4.89 Å². The Hall–Kier alpha value is -1.03. The second-order valence-electron chi connectivity index (χ2n) is 15.6. The van der Waals surface area contributed by atoms with Crippen molar-refractivity contribution < 1.29 is 43.1 Å². The van der Waals surface area contributed by atoms with Gasteiger partial charge in [-0.15, -0.1) is 0 Å². The summed E-state index contributed by atoms with van der Waals surface area (Å²) >= 11 is 0. The van der Waals surface area contributed by atoms with Crippen molar-refractivity contribution in [3.8, 4) is 0 Å². The van der Waals surface area contributed by atoms with Crippen LogP contribution in [0.3, 0.4) is 0 Å². The molecule has 0 aliphatic carbocycles. The van der Waals surface area contributed by atoms with E-state index in [1.54, 1.807) is 21.1 Å². The van der Waals surface area contributed by atoms with Gasteiger partial charge in [-0.05, 0) is 44.9 Å². The third-order valence-corrected chi connectivity index (χ3v) is 10.5. The Morgan fingerprint density at radius 3 is 1.52 bits per heavy atom. The van der Waals surface area contributed by atoms with Gasteiger partial charge in [-0.3, -0.25) is 9.59 Å². The van der Waals surface area contributed by atoms with Crippen LogP contribution in [-0.2, 0) is 18.6 Å². The van der Waals surface area contributed by atoms with E-state index in [9.17, 15) is 24.5 Å². The van der Waals surface area contributed by atoms with Gasteiger partial charge in [0.05, 0.1) is 27.7 Å². The Bertz CT molecular complexity index is 920. The van der Waals surface area contributed by atoms with Gasteiger partial charge in [0.2, 0.25) is 6.10 Å². The summed E-state index contributed by atoms with van der Waals surface area (Å²) in [6.45, 7) is 3.16. The molecule has 4 atom stereocenters. The molecule has 0 saturated carbocycles. The number of carbonyl (C=O) groups excluding carboxylic acids is 2. The van der Waals surface area contributed by atoms with E-state index in [2.05, 4.69) is 38.2 Å². The lowest BCUT2D eigenvalue weighted by molar-refractivity contribution is -0.888. The van der Waals surface area contributed by atoms with Gasteiger partial charge >= 0.3 is 8.17 Å². The number of likely N-dealkylation sites (N-methyl/N-ethyl adjacent to an activating group) is 1. The summed E-state index contributed by atoms with van der Waals surface area (Å²) in [5, 5.41) is 18.7. The minimum Gasteiger partial charge on any atom is -0.606 e. The quantitative estimate of drug-likeness (QED) is 0.0245. The van der Waals surface area contributed by atoms with Crippen molar-refractivity contribution in [2.24, 2.45) is 0 Å². The number of hydrogen-bond donors (Lipinski definition) is 3. The molecular weight excluding hydrogens is 677 g/mol. The van der Waals surface area contributed by atoms with Gasteiger partial charge in [0, 0.05) is 12.8 Å². The Labute approximate surface area is 319 Å². The summed E-state index contributed by atoms with van der Waals surface area (Å²) in [4.78, 5) is 50.8. The molecule has 3 unspecified atom stereocenters. The largest absolute Gasteiger partial charge is 0.606 e.